The highest BCUT2D eigenvalue weighted by molar-refractivity contribution is 5.92. The number of amides is 1. The molecule has 0 radical (unpaired) electrons. The number of hydrogen-bond donors (Lipinski definition) is 2. The molecule has 132 valence electrons. The van der Waals surface area contributed by atoms with E-state index in [4.69, 9.17) is 0 Å². The number of rotatable bonds is 7. The van der Waals surface area contributed by atoms with Crippen LogP contribution in [-0.4, -0.2) is 22.6 Å². The molecule has 0 saturated carbocycles. The van der Waals surface area contributed by atoms with Crippen molar-refractivity contribution >= 4 is 11.7 Å². The third-order valence-corrected chi connectivity index (χ3v) is 3.85. The Morgan fingerprint density at radius 2 is 1.69 bits per heavy atom. The fourth-order valence-corrected chi connectivity index (χ4v) is 2.44. The van der Waals surface area contributed by atoms with Gasteiger partial charge in [-0.25, -0.2) is 4.39 Å². The molecule has 0 fully saturated rings. The van der Waals surface area contributed by atoms with Crippen molar-refractivity contribution in [3.05, 3.63) is 89.4 Å². The van der Waals surface area contributed by atoms with Crippen LogP contribution in [0.15, 0.2) is 66.7 Å². The van der Waals surface area contributed by atoms with Crippen molar-refractivity contribution in [1.29, 1.82) is 0 Å². The van der Waals surface area contributed by atoms with Crippen molar-refractivity contribution in [2.75, 3.05) is 11.9 Å². The Balaban J connectivity index is 1.48. The van der Waals surface area contributed by atoms with Gasteiger partial charge in [0.2, 0.25) is 0 Å². The lowest BCUT2D eigenvalue weighted by atomic mass is 10.1. The Morgan fingerprint density at radius 1 is 0.923 bits per heavy atom. The molecule has 3 aromatic rings. The van der Waals surface area contributed by atoms with E-state index in [1.807, 2.05) is 30.3 Å². The predicted molar refractivity (Wildman–Crippen MR) is 98.2 cm³/mol. The van der Waals surface area contributed by atoms with Gasteiger partial charge in [-0.15, -0.1) is 10.2 Å². The van der Waals surface area contributed by atoms with Gasteiger partial charge in [-0.2, -0.15) is 0 Å². The second kappa shape index (κ2) is 8.71. The van der Waals surface area contributed by atoms with Crippen molar-refractivity contribution < 1.29 is 9.18 Å². The van der Waals surface area contributed by atoms with E-state index >= 15 is 0 Å². The maximum absolute atomic E-state index is 13.5. The largest absolute Gasteiger partial charge is 0.365 e. The van der Waals surface area contributed by atoms with E-state index in [1.54, 1.807) is 30.3 Å². The average molecular weight is 350 g/mol. The molecule has 2 aromatic carbocycles. The van der Waals surface area contributed by atoms with Crippen LogP contribution in [0.4, 0.5) is 10.2 Å². The monoisotopic (exact) mass is 350 g/mol. The number of hydrogen-bond acceptors (Lipinski definition) is 4. The van der Waals surface area contributed by atoms with Gasteiger partial charge in [-0.1, -0.05) is 48.5 Å². The molecule has 3 rings (SSSR count). The first-order chi connectivity index (χ1) is 12.7. The highest BCUT2D eigenvalue weighted by Gasteiger charge is 2.08. The second-order valence-electron chi connectivity index (χ2n) is 5.74. The number of anilines is 1. The summed E-state index contributed by atoms with van der Waals surface area (Å²) in [5, 5.41) is 13.8. The lowest BCUT2D eigenvalue weighted by molar-refractivity contribution is 0.0948. The van der Waals surface area contributed by atoms with Crippen LogP contribution in [0.2, 0.25) is 0 Å². The summed E-state index contributed by atoms with van der Waals surface area (Å²) in [4.78, 5) is 12.1. The SMILES string of the molecule is O=C(NCCc1ccccc1F)c1ccc(NCc2ccccc2)nn1. The van der Waals surface area contributed by atoms with Crippen LogP contribution in [0, 0.1) is 5.82 Å². The first-order valence-electron chi connectivity index (χ1n) is 8.35. The summed E-state index contributed by atoms with van der Waals surface area (Å²) in [6.07, 6.45) is 0.419. The van der Waals surface area contributed by atoms with Gasteiger partial charge in [0.25, 0.3) is 5.91 Å². The van der Waals surface area contributed by atoms with E-state index in [1.165, 1.54) is 6.07 Å². The molecule has 5 nitrogen and oxygen atoms in total. The van der Waals surface area contributed by atoms with E-state index in [0.717, 1.165) is 5.56 Å². The molecule has 0 spiro atoms. The highest BCUT2D eigenvalue weighted by atomic mass is 19.1. The minimum Gasteiger partial charge on any atom is -0.365 e. The van der Waals surface area contributed by atoms with Gasteiger partial charge >= 0.3 is 0 Å². The summed E-state index contributed by atoms with van der Waals surface area (Å²) < 4.78 is 13.5. The predicted octanol–water partition coefficient (Wildman–Crippen LogP) is 3.20. The van der Waals surface area contributed by atoms with Gasteiger partial charge in [-0.05, 0) is 35.7 Å². The van der Waals surface area contributed by atoms with E-state index in [0.29, 0.717) is 30.9 Å². The molecule has 6 heteroatoms. The molecule has 26 heavy (non-hydrogen) atoms. The maximum Gasteiger partial charge on any atom is 0.271 e. The summed E-state index contributed by atoms with van der Waals surface area (Å²) in [7, 11) is 0. The third-order valence-electron chi connectivity index (χ3n) is 3.85. The van der Waals surface area contributed by atoms with Crippen molar-refractivity contribution in [3.8, 4) is 0 Å². The molecule has 0 saturated heterocycles. The van der Waals surface area contributed by atoms with Gasteiger partial charge in [-0.3, -0.25) is 4.79 Å². The summed E-state index contributed by atoms with van der Waals surface area (Å²) >= 11 is 0. The van der Waals surface area contributed by atoms with Crippen LogP contribution in [-0.2, 0) is 13.0 Å². The van der Waals surface area contributed by atoms with Gasteiger partial charge in [0, 0.05) is 13.1 Å². The number of nitrogens with one attached hydrogen (secondary N) is 2. The highest BCUT2D eigenvalue weighted by Crippen LogP contribution is 2.07. The fraction of sp³-hybridized carbons (Fsp3) is 0.150. The Bertz CT molecular complexity index is 853. The van der Waals surface area contributed by atoms with Crippen molar-refractivity contribution in [2.45, 2.75) is 13.0 Å². The van der Waals surface area contributed by atoms with E-state index in [2.05, 4.69) is 20.8 Å². The summed E-state index contributed by atoms with van der Waals surface area (Å²) in [5.41, 5.74) is 1.92. The zero-order valence-corrected chi connectivity index (χ0v) is 14.2. The number of carbonyl (C=O) groups is 1. The summed E-state index contributed by atoms with van der Waals surface area (Å²) in [6, 6.07) is 19.8. The van der Waals surface area contributed by atoms with Gasteiger partial charge < -0.3 is 10.6 Å². The average Bonchev–Trinajstić information content (AvgIpc) is 2.69. The van der Waals surface area contributed by atoms with Crippen LogP contribution < -0.4 is 10.6 Å². The Labute approximate surface area is 151 Å². The minimum atomic E-state index is -0.330. The van der Waals surface area contributed by atoms with Crippen LogP contribution in [0.25, 0.3) is 0 Å². The zero-order chi connectivity index (χ0) is 18.2. The lowest BCUT2D eigenvalue weighted by Crippen LogP contribution is -2.27. The van der Waals surface area contributed by atoms with E-state index < -0.39 is 0 Å². The van der Waals surface area contributed by atoms with Crippen LogP contribution >= 0.6 is 0 Å². The van der Waals surface area contributed by atoms with Gasteiger partial charge in [0.05, 0.1) is 0 Å². The second-order valence-corrected chi connectivity index (χ2v) is 5.74. The molecule has 2 N–H and O–H groups in total. The molecule has 0 bridgehead atoms. The Hall–Kier alpha value is -3.28. The molecule has 0 aliphatic carbocycles. The fourth-order valence-electron chi connectivity index (χ4n) is 2.44. The van der Waals surface area contributed by atoms with Crippen molar-refractivity contribution in [3.63, 3.8) is 0 Å². The van der Waals surface area contributed by atoms with Crippen LogP contribution in [0.1, 0.15) is 21.6 Å². The normalized spacial score (nSPS) is 10.3. The molecule has 0 atom stereocenters. The van der Waals surface area contributed by atoms with Crippen LogP contribution in [0.5, 0.6) is 0 Å². The van der Waals surface area contributed by atoms with E-state index in [-0.39, 0.29) is 17.4 Å². The Morgan fingerprint density at radius 3 is 2.42 bits per heavy atom. The number of carbonyl (C=O) groups excluding carboxylic acids is 1. The molecule has 0 aliphatic rings. The number of benzene rings is 2. The first kappa shape index (κ1) is 17.5. The molecular formula is C20H19FN4O. The molecule has 0 aliphatic heterocycles. The minimum absolute atomic E-state index is 0.226. The standard InChI is InChI=1S/C20H19FN4O/c21-17-9-5-4-8-16(17)12-13-22-20(26)18-10-11-19(25-24-18)23-14-15-6-2-1-3-7-15/h1-11H,12-14H2,(H,22,26)(H,23,25). The van der Waals surface area contributed by atoms with Crippen molar-refractivity contribution in [1.82, 2.24) is 15.5 Å². The summed E-state index contributed by atoms with van der Waals surface area (Å²) in [6.45, 7) is 0.957. The van der Waals surface area contributed by atoms with E-state index in [9.17, 15) is 9.18 Å². The maximum atomic E-state index is 13.5. The summed E-state index contributed by atoms with van der Waals surface area (Å²) in [5.74, 6) is -0.00408. The number of nitrogens with zero attached hydrogens (tertiary/aromatic N) is 2. The quantitative estimate of drug-likeness (QED) is 0.687. The van der Waals surface area contributed by atoms with Gasteiger partial charge in [0.1, 0.15) is 11.6 Å². The molecule has 1 amide bonds. The molecule has 1 heterocycles. The topological polar surface area (TPSA) is 66.9 Å². The van der Waals surface area contributed by atoms with Crippen molar-refractivity contribution in [2.24, 2.45) is 0 Å². The third kappa shape index (κ3) is 4.86. The van der Waals surface area contributed by atoms with Crippen LogP contribution in [0.3, 0.4) is 0 Å². The first-order valence-corrected chi connectivity index (χ1v) is 8.35. The Kier molecular flexibility index (Phi) is 5.88. The molecule has 1 aromatic heterocycles. The van der Waals surface area contributed by atoms with Gasteiger partial charge in [0.15, 0.2) is 5.69 Å². The smallest absolute Gasteiger partial charge is 0.271 e. The molecular weight excluding hydrogens is 331 g/mol. The molecule has 0 unspecified atom stereocenters. The zero-order valence-electron chi connectivity index (χ0n) is 14.2. The number of halogens is 1. The number of aromatic nitrogens is 2. The lowest BCUT2D eigenvalue weighted by Gasteiger charge is -2.07.